The molecule has 0 aromatic heterocycles. The second kappa shape index (κ2) is 7.06. The van der Waals surface area contributed by atoms with Gasteiger partial charge in [-0.3, -0.25) is 0 Å². The zero-order valence-corrected chi connectivity index (χ0v) is 17.6. The molecule has 0 unspecified atom stereocenters. The van der Waals surface area contributed by atoms with Crippen LogP contribution in [0.5, 0.6) is 0 Å². The van der Waals surface area contributed by atoms with Gasteiger partial charge in [0.1, 0.15) is 0 Å². The summed E-state index contributed by atoms with van der Waals surface area (Å²) in [4.78, 5) is 0. The van der Waals surface area contributed by atoms with E-state index >= 15 is 0 Å². The van der Waals surface area contributed by atoms with Gasteiger partial charge in [-0.2, -0.15) is 0 Å². The molecule has 0 N–H and O–H groups in total. The Hall–Kier alpha value is -0.670. The van der Waals surface area contributed by atoms with E-state index in [0.717, 1.165) is 29.3 Å². The lowest BCUT2D eigenvalue weighted by atomic mass is 10.4. The molecule has 0 aliphatic carbocycles. The molecule has 0 radical (unpaired) electrons. The Morgan fingerprint density at radius 2 is 0.870 bits per heavy atom. The van der Waals surface area contributed by atoms with Gasteiger partial charge in [-0.15, -0.1) is 0 Å². The Morgan fingerprint density at radius 3 is 1.13 bits per heavy atom. The average Bonchev–Trinajstić information content (AvgIpc) is 2.54. The number of benzene rings is 3. The molecule has 0 saturated heterocycles. The van der Waals surface area contributed by atoms with Gasteiger partial charge < -0.3 is 4.57 Å². The minimum Gasteiger partial charge on any atom is -0.309 e. The van der Waals surface area contributed by atoms with E-state index in [-0.39, 0.29) is 0 Å². The van der Waals surface area contributed by atoms with Crippen LogP contribution >= 0.6 is 54.9 Å². The fraction of sp³-hybridized carbons (Fsp3) is 0. The van der Waals surface area contributed by atoms with Crippen LogP contribution in [0.2, 0.25) is 0 Å². The van der Waals surface area contributed by atoms with Crippen LogP contribution in [-0.2, 0) is 4.57 Å². The van der Waals surface area contributed by atoms with Crippen molar-refractivity contribution in [3.8, 4) is 0 Å². The quantitative estimate of drug-likeness (QED) is 0.415. The summed E-state index contributed by atoms with van der Waals surface area (Å²) in [5, 5.41) is 2.43. The first-order valence-corrected chi connectivity index (χ1v) is 11.0. The van der Waals surface area contributed by atoms with E-state index in [0.29, 0.717) is 0 Å². The minimum atomic E-state index is -2.95. The Morgan fingerprint density at radius 1 is 0.565 bits per heavy atom. The van der Waals surface area contributed by atoms with Crippen molar-refractivity contribution in [2.24, 2.45) is 0 Å². The van der Waals surface area contributed by atoms with Crippen molar-refractivity contribution in [1.82, 2.24) is 0 Å². The fourth-order valence-corrected chi connectivity index (χ4v) is 6.94. The van der Waals surface area contributed by atoms with Gasteiger partial charge in [-0.25, -0.2) is 0 Å². The van der Waals surface area contributed by atoms with E-state index in [1.54, 1.807) is 0 Å². The first kappa shape index (κ1) is 17.2. The van der Waals surface area contributed by atoms with Gasteiger partial charge >= 0.3 is 0 Å². The third kappa shape index (κ3) is 3.56. The molecule has 0 heterocycles. The third-order valence-electron chi connectivity index (χ3n) is 3.52. The molecule has 3 aromatic rings. The lowest BCUT2D eigenvalue weighted by molar-refractivity contribution is 0.592. The summed E-state index contributed by atoms with van der Waals surface area (Å²) >= 11 is 10.5. The molecule has 23 heavy (non-hydrogen) atoms. The average molecular weight is 515 g/mol. The van der Waals surface area contributed by atoms with Crippen molar-refractivity contribution < 1.29 is 4.57 Å². The highest BCUT2D eigenvalue weighted by Crippen LogP contribution is 2.43. The van der Waals surface area contributed by atoms with Crippen LogP contribution in [0.15, 0.2) is 86.2 Å². The highest BCUT2D eigenvalue weighted by molar-refractivity contribution is 9.11. The summed E-state index contributed by atoms with van der Waals surface area (Å²) in [7, 11) is -2.95. The number of hydrogen-bond acceptors (Lipinski definition) is 1. The van der Waals surface area contributed by atoms with Gasteiger partial charge in [0.2, 0.25) is 0 Å². The molecule has 5 heteroatoms. The van der Waals surface area contributed by atoms with Crippen molar-refractivity contribution >= 4 is 70.8 Å². The number of hydrogen-bond donors (Lipinski definition) is 0. The van der Waals surface area contributed by atoms with Crippen LogP contribution in [0.4, 0.5) is 0 Å². The molecule has 0 aliphatic heterocycles. The predicted octanol–water partition coefficient (Wildman–Crippen LogP) is 5.61. The molecule has 0 spiro atoms. The first-order chi connectivity index (χ1) is 11.0. The van der Waals surface area contributed by atoms with E-state index in [9.17, 15) is 4.57 Å². The summed E-state index contributed by atoms with van der Waals surface area (Å²) in [5.41, 5.74) is 0. The van der Waals surface area contributed by atoms with Gasteiger partial charge in [0.05, 0.1) is 0 Å². The second-order valence-electron chi connectivity index (χ2n) is 5.05. The van der Waals surface area contributed by atoms with E-state index < -0.39 is 7.14 Å². The van der Waals surface area contributed by atoms with Gasteiger partial charge in [0, 0.05) is 29.3 Å². The van der Waals surface area contributed by atoms with Crippen LogP contribution in [-0.4, -0.2) is 0 Å². The summed E-state index contributed by atoms with van der Waals surface area (Å²) in [6, 6.07) is 23.1. The largest absolute Gasteiger partial charge is 0.309 e. The zero-order chi connectivity index (χ0) is 16.4. The molecule has 0 saturated carbocycles. The van der Waals surface area contributed by atoms with E-state index in [1.807, 2.05) is 72.8 Å². The van der Waals surface area contributed by atoms with Crippen molar-refractivity contribution in [2.75, 3.05) is 0 Å². The minimum absolute atomic E-state index is 0.808. The molecule has 3 rings (SSSR count). The predicted molar refractivity (Wildman–Crippen MR) is 109 cm³/mol. The van der Waals surface area contributed by atoms with Crippen molar-refractivity contribution in [1.29, 1.82) is 0 Å². The van der Waals surface area contributed by atoms with Crippen LogP contribution in [0.1, 0.15) is 0 Å². The molecular formula is C18H12Br3OP. The summed E-state index contributed by atoms with van der Waals surface area (Å²) in [6.45, 7) is 0. The van der Waals surface area contributed by atoms with Gasteiger partial charge in [0.15, 0.2) is 7.14 Å². The van der Waals surface area contributed by atoms with Crippen molar-refractivity contribution in [3.05, 3.63) is 86.2 Å². The van der Waals surface area contributed by atoms with Crippen LogP contribution in [0.3, 0.4) is 0 Å². The standard InChI is InChI=1S/C18H12Br3OP/c19-13-4-1-7-16(10-13)23(22,17-8-2-5-14(20)11-17)18-9-3-6-15(21)12-18/h1-12H. The third-order valence-corrected chi connectivity index (χ3v) is 8.01. The van der Waals surface area contributed by atoms with Crippen LogP contribution in [0, 0.1) is 0 Å². The summed E-state index contributed by atoms with van der Waals surface area (Å²) in [5.74, 6) is 0. The zero-order valence-electron chi connectivity index (χ0n) is 11.9. The maximum atomic E-state index is 14.2. The normalized spacial score (nSPS) is 11.4. The molecule has 0 bridgehead atoms. The maximum Gasteiger partial charge on any atom is 0.171 e. The molecule has 0 amide bonds. The van der Waals surface area contributed by atoms with Crippen LogP contribution < -0.4 is 15.9 Å². The van der Waals surface area contributed by atoms with Crippen molar-refractivity contribution in [2.45, 2.75) is 0 Å². The molecular weight excluding hydrogens is 503 g/mol. The first-order valence-electron chi connectivity index (χ1n) is 6.88. The Labute approximate surface area is 160 Å². The fourth-order valence-electron chi connectivity index (χ4n) is 2.46. The monoisotopic (exact) mass is 512 g/mol. The summed E-state index contributed by atoms with van der Waals surface area (Å²) < 4.78 is 17.0. The highest BCUT2D eigenvalue weighted by Gasteiger charge is 2.30. The van der Waals surface area contributed by atoms with Gasteiger partial charge in [-0.1, -0.05) is 84.2 Å². The second-order valence-corrected chi connectivity index (χ2v) is 10.6. The molecule has 116 valence electrons. The molecule has 1 nitrogen and oxygen atoms in total. The highest BCUT2D eigenvalue weighted by atomic mass is 79.9. The SMILES string of the molecule is O=P(c1cccc(Br)c1)(c1cccc(Br)c1)c1cccc(Br)c1. The van der Waals surface area contributed by atoms with Crippen molar-refractivity contribution in [3.63, 3.8) is 0 Å². The van der Waals surface area contributed by atoms with Crippen LogP contribution in [0.25, 0.3) is 0 Å². The van der Waals surface area contributed by atoms with Gasteiger partial charge in [-0.05, 0) is 36.4 Å². The molecule has 0 aliphatic rings. The maximum absolute atomic E-state index is 14.2. The Balaban J connectivity index is 2.32. The van der Waals surface area contributed by atoms with E-state index in [1.165, 1.54) is 0 Å². The molecule has 3 aromatic carbocycles. The Kier molecular flexibility index (Phi) is 5.27. The Bertz CT molecular complexity index is 790. The lowest BCUT2D eigenvalue weighted by Gasteiger charge is -2.20. The van der Waals surface area contributed by atoms with Gasteiger partial charge in [0.25, 0.3) is 0 Å². The number of halogens is 3. The van der Waals surface area contributed by atoms with E-state index in [2.05, 4.69) is 47.8 Å². The van der Waals surface area contributed by atoms with E-state index in [4.69, 9.17) is 0 Å². The topological polar surface area (TPSA) is 17.1 Å². The summed E-state index contributed by atoms with van der Waals surface area (Å²) in [6.07, 6.45) is 0. The molecule has 0 atom stereocenters. The molecule has 0 fully saturated rings. The number of rotatable bonds is 3. The smallest absolute Gasteiger partial charge is 0.171 e. The lowest BCUT2D eigenvalue weighted by Crippen LogP contribution is -2.25.